The minimum Gasteiger partial charge on any atom is -0.326 e. The fourth-order valence-corrected chi connectivity index (χ4v) is 4.59. The standard InChI is InChI=1S/C25H25FN4O4S/c1-19(31)28-22-11-13-23(14-12-22)35(33,34)30(16-15-20-7-3-2-4-8-20)18-25(32)29-27-17-21-9-5-6-10-24(21)26/h2-14,17H,15-16,18H2,1H3,(H,28,31)(H,29,32)/b27-17-. The van der Waals surface area contributed by atoms with Crippen molar-refractivity contribution >= 4 is 33.7 Å². The van der Waals surface area contributed by atoms with Crippen LogP contribution >= 0.6 is 0 Å². The van der Waals surface area contributed by atoms with Crippen molar-refractivity contribution in [3.63, 3.8) is 0 Å². The molecule has 0 heterocycles. The number of halogens is 1. The van der Waals surface area contributed by atoms with Crippen molar-refractivity contribution < 1.29 is 22.4 Å². The first-order valence-corrected chi connectivity index (χ1v) is 12.2. The highest BCUT2D eigenvalue weighted by Gasteiger charge is 2.26. The van der Waals surface area contributed by atoms with E-state index < -0.39 is 28.3 Å². The maximum absolute atomic E-state index is 13.7. The van der Waals surface area contributed by atoms with Crippen molar-refractivity contribution in [3.05, 3.63) is 95.8 Å². The van der Waals surface area contributed by atoms with Crippen LogP contribution in [-0.4, -0.2) is 43.8 Å². The van der Waals surface area contributed by atoms with E-state index in [0.717, 1.165) is 16.1 Å². The summed E-state index contributed by atoms with van der Waals surface area (Å²) in [5.41, 5.74) is 3.79. The van der Waals surface area contributed by atoms with Gasteiger partial charge in [-0.05, 0) is 42.3 Å². The number of rotatable bonds is 10. The lowest BCUT2D eigenvalue weighted by Gasteiger charge is -2.21. The van der Waals surface area contributed by atoms with Crippen LogP contribution in [0.25, 0.3) is 0 Å². The lowest BCUT2D eigenvalue weighted by Crippen LogP contribution is -2.40. The Morgan fingerprint density at radius 3 is 2.29 bits per heavy atom. The molecule has 0 radical (unpaired) electrons. The van der Waals surface area contributed by atoms with Crippen LogP contribution in [0.2, 0.25) is 0 Å². The summed E-state index contributed by atoms with van der Waals surface area (Å²) in [6.45, 7) is 0.907. The SMILES string of the molecule is CC(=O)Nc1ccc(S(=O)(=O)N(CCc2ccccc2)CC(=O)N/N=C\c2ccccc2F)cc1. The number of anilines is 1. The molecule has 35 heavy (non-hydrogen) atoms. The number of benzene rings is 3. The fourth-order valence-electron chi connectivity index (χ4n) is 3.19. The Morgan fingerprint density at radius 1 is 0.971 bits per heavy atom. The predicted octanol–water partition coefficient (Wildman–Crippen LogP) is 3.17. The molecule has 0 bridgehead atoms. The maximum atomic E-state index is 13.7. The van der Waals surface area contributed by atoms with Gasteiger partial charge in [-0.3, -0.25) is 9.59 Å². The lowest BCUT2D eigenvalue weighted by atomic mass is 10.1. The minimum atomic E-state index is -4.05. The predicted molar refractivity (Wildman–Crippen MR) is 132 cm³/mol. The highest BCUT2D eigenvalue weighted by Crippen LogP contribution is 2.19. The van der Waals surface area contributed by atoms with E-state index in [-0.39, 0.29) is 22.9 Å². The molecule has 2 N–H and O–H groups in total. The molecule has 0 unspecified atom stereocenters. The molecule has 0 atom stereocenters. The van der Waals surface area contributed by atoms with E-state index in [1.54, 1.807) is 6.07 Å². The number of hydrazone groups is 1. The third kappa shape index (κ3) is 7.56. The number of carbonyl (C=O) groups excluding carboxylic acids is 2. The van der Waals surface area contributed by atoms with Crippen molar-refractivity contribution in [3.8, 4) is 0 Å². The second-order valence-corrected chi connectivity index (χ2v) is 9.53. The zero-order chi connectivity index (χ0) is 25.3. The van der Waals surface area contributed by atoms with Gasteiger partial charge in [-0.2, -0.15) is 9.41 Å². The molecule has 0 aliphatic carbocycles. The largest absolute Gasteiger partial charge is 0.326 e. The number of hydrogen-bond donors (Lipinski definition) is 2. The molecule has 0 aliphatic heterocycles. The summed E-state index contributed by atoms with van der Waals surface area (Å²) < 4.78 is 41.4. The average molecular weight is 497 g/mol. The molecule has 0 saturated carbocycles. The van der Waals surface area contributed by atoms with Gasteiger partial charge in [-0.25, -0.2) is 18.2 Å². The molecule has 0 aliphatic rings. The Hall–Kier alpha value is -3.89. The molecule has 10 heteroatoms. The number of carbonyl (C=O) groups is 2. The van der Waals surface area contributed by atoms with Gasteiger partial charge in [0.1, 0.15) is 5.82 Å². The quantitative estimate of drug-likeness (QED) is 0.332. The third-order valence-corrected chi connectivity index (χ3v) is 6.78. The lowest BCUT2D eigenvalue weighted by molar-refractivity contribution is -0.121. The molecular formula is C25H25FN4O4S. The van der Waals surface area contributed by atoms with Gasteiger partial charge < -0.3 is 5.32 Å². The van der Waals surface area contributed by atoms with Crippen molar-refractivity contribution in [2.75, 3.05) is 18.4 Å². The monoisotopic (exact) mass is 496 g/mol. The summed E-state index contributed by atoms with van der Waals surface area (Å²) >= 11 is 0. The number of nitrogens with zero attached hydrogens (tertiary/aromatic N) is 2. The van der Waals surface area contributed by atoms with E-state index in [2.05, 4.69) is 15.8 Å². The van der Waals surface area contributed by atoms with E-state index in [1.807, 2.05) is 30.3 Å². The smallest absolute Gasteiger partial charge is 0.255 e. The van der Waals surface area contributed by atoms with E-state index in [9.17, 15) is 22.4 Å². The number of sulfonamides is 1. The molecule has 8 nitrogen and oxygen atoms in total. The summed E-state index contributed by atoms with van der Waals surface area (Å²) in [6.07, 6.45) is 1.53. The molecule has 2 amide bonds. The average Bonchev–Trinajstić information content (AvgIpc) is 2.83. The molecule has 3 rings (SSSR count). The van der Waals surface area contributed by atoms with Crippen molar-refractivity contribution in [1.29, 1.82) is 0 Å². The first-order chi connectivity index (χ1) is 16.8. The Bertz CT molecular complexity index is 1300. The highest BCUT2D eigenvalue weighted by atomic mass is 32.2. The Balaban J connectivity index is 1.76. The first-order valence-electron chi connectivity index (χ1n) is 10.7. The summed E-state index contributed by atoms with van der Waals surface area (Å²) in [6, 6.07) is 20.9. The summed E-state index contributed by atoms with van der Waals surface area (Å²) in [4.78, 5) is 23.7. The molecule has 0 aromatic heterocycles. The molecule has 182 valence electrons. The van der Waals surface area contributed by atoms with E-state index in [0.29, 0.717) is 12.1 Å². The highest BCUT2D eigenvalue weighted by molar-refractivity contribution is 7.89. The summed E-state index contributed by atoms with van der Waals surface area (Å²) in [5, 5.41) is 6.32. The molecule has 3 aromatic rings. The summed E-state index contributed by atoms with van der Waals surface area (Å²) in [5.74, 6) is -1.46. The molecule has 0 saturated heterocycles. The third-order valence-electron chi connectivity index (χ3n) is 4.92. The zero-order valence-corrected chi connectivity index (χ0v) is 19.8. The molecule has 3 aromatic carbocycles. The molecular weight excluding hydrogens is 471 g/mol. The van der Waals surface area contributed by atoms with Gasteiger partial charge in [0.15, 0.2) is 0 Å². The van der Waals surface area contributed by atoms with E-state index in [4.69, 9.17) is 0 Å². The van der Waals surface area contributed by atoms with Gasteiger partial charge in [0.05, 0.1) is 17.7 Å². The van der Waals surface area contributed by atoms with E-state index >= 15 is 0 Å². The Kier molecular flexibility index (Phi) is 8.82. The van der Waals surface area contributed by atoms with Crippen LogP contribution in [0.3, 0.4) is 0 Å². The second kappa shape index (κ2) is 12.0. The van der Waals surface area contributed by atoms with Crippen LogP contribution in [0.4, 0.5) is 10.1 Å². The number of amides is 2. The number of nitrogens with one attached hydrogen (secondary N) is 2. The normalized spacial score (nSPS) is 11.5. The van der Waals surface area contributed by atoms with Gasteiger partial charge in [-0.1, -0.05) is 48.5 Å². The van der Waals surface area contributed by atoms with Crippen molar-refractivity contribution in [2.45, 2.75) is 18.2 Å². The van der Waals surface area contributed by atoms with Gasteiger partial charge in [0.2, 0.25) is 15.9 Å². The zero-order valence-electron chi connectivity index (χ0n) is 19.0. The van der Waals surface area contributed by atoms with Crippen LogP contribution < -0.4 is 10.7 Å². The minimum absolute atomic E-state index is 0.0256. The van der Waals surface area contributed by atoms with Crippen LogP contribution in [0, 0.1) is 5.82 Å². The van der Waals surface area contributed by atoms with Gasteiger partial charge in [0.25, 0.3) is 5.91 Å². The summed E-state index contributed by atoms with van der Waals surface area (Å²) in [7, 11) is -4.05. The van der Waals surface area contributed by atoms with Crippen molar-refractivity contribution in [1.82, 2.24) is 9.73 Å². The van der Waals surface area contributed by atoms with Gasteiger partial charge in [-0.15, -0.1) is 0 Å². The van der Waals surface area contributed by atoms with Crippen LogP contribution in [0.5, 0.6) is 0 Å². The molecule has 0 fully saturated rings. The van der Waals surface area contributed by atoms with Crippen LogP contribution in [-0.2, 0) is 26.0 Å². The topological polar surface area (TPSA) is 108 Å². The van der Waals surface area contributed by atoms with Gasteiger partial charge in [0, 0.05) is 24.7 Å². The van der Waals surface area contributed by atoms with Crippen LogP contribution in [0.15, 0.2) is 88.9 Å². The molecule has 0 spiro atoms. The second-order valence-electron chi connectivity index (χ2n) is 7.59. The Morgan fingerprint density at radius 2 is 1.63 bits per heavy atom. The number of hydrogen-bond acceptors (Lipinski definition) is 5. The van der Waals surface area contributed by atoms with Gasteiger partial charge >= 0.3 is 0 Å². The fraction of sp³-hybridized carbons (Fsp3) is 0.160. The first kappa shape index (κ1) is 25.7. The van der Waals surface area contributed by atoms with E-state index in [1.165, 1.54) is 49.4 Å². The Labute approximate surface area is 203 Å². The van der Waals surface area contributed by atoms with Crippen molar-refractivity contribution in [2.24, 2.45) is 5.10 Å². The van der Waals surface area contributed by atoms with Crippen LogP contribution in [0.1, 0.15) is 18.1 Å². The maximum Gasteiger partial charge on any atom is 0.255 e.